The van der Waals surface area contributed by atoms with Gasteiger partial charge in [0.1, 0.15) is 11.8 Å². The molecular weight excluding hydrogens is 454 g/mol. The first kappa shape index (κ1) is 24.4. The van der Waals surface area contributed by atoms with Crippen LogP contribution in [-0.2, 0) is 25.6 Å². The quantitative estimate of drug-likeness (QED) is 0.524. The minimum absolute atomic E-state index is 0.0564. The zero-order chi connectivity index (χ0) is 24.1. The molecule has 10 heteroatoms. The van der Waals surface area contributed by atoms with Gasteiger partial charge in [-0.15, -0.1) is 0 Å². The van der Waals surface area contributed by atoms with Crippen LogP contribution in [0.5, 0.6) is 0 Å². The van der Waals surface area contributed by atoms with Crippen LogP contribution in [-0.4, -0.2) is 77.8 Å². The molecule has 34 heavy (non-hydrogen) atoms. The molecular formula is C24H31N5O4S. The molecule has 0 atom stereocenters. The number of fused-ring (bicyclic) bond motifs is 2. The fourth-order valence-electron chi connectivity index (χ4n) is 4.48. The van der Waals surface area contributed by atoms with E-state index in [-0.39, 0.29) is 17.9 Å². The molecule has 0 unspecified atom stereocenters. The second-order valence-corrected chi connectivity index (χ2v) is 9.42. The Kier molecular flexibility index (Phi) is 8.02. The van der Waals surface area contributed by atoms with Crippen molar-refractivity contribution in [3.63, 3.8) is 0 Å². The number of carbonyl (C=O) groups excluding carboxylic acids is 2. The van der Waals surface area contributed by atoms with Crippen LogP contribution in [0.3, 0.4) is 0 Å². The Labute approximate surface area is 204 Å². The van der Waals surface area contributed by atoms with Crippen LogP contribution in [0.25, 0.3) is 0 Å². The van der Waals surface area contributed by atoms with E-state index >= 15 is 0 Å². The molecule has 1 amide bonds. The van der Waals surface area contributed by atoms with E-state index in [1.54, 1.807) is 38.2 Å². The average Bonchev–Trinajstić information content (AvgIpc) is 2.83. The number of ether oxygens (including phenoxy) is 2. The molecule has 0 spiro atoms. The third-order valence-electron chi connectivity index (χ3n) is 6.09. The van der Waals surface area contributed by atoms with Crippen LogP contribution in [0.2, 0.25) is 0 Å². The van der Waals surface area contributed by atoms with Crippen molar-refractivity contribution in [2.75, 3.05) is 45.0 Å². The zero-order valence-corrected chi connectivity index (χ0v) is 20.7. The highest BCUT2D eigenvalue weighted by molar-refractivity contribution is 7.99. The summed E-state index contributed by atoms with van der Waals surface area (Å²) in [6, 6.07) is 6.41. The monoisotopic (exact) mass is 485 g/mol. The van der Waals surface area contributed by atoms with Crippen LogP contribution in [0.1, 0.15) is 32.3 Å². The second-order valence-electron chi connectivity index (χ2n) is 8.39. The van der Waals surface area contributed by atoms with Crippen LogP contribution in [0.4, 0.5) is 11.5 Å². The molecule has 2 aromatic rings. The van der Waals surface area contributed by atoms with E-state index in [4.69, 9.17) is 9.47 Å². The molecule has 2 aliphatic rings. The minimum Gasteiger partial charge on any atom is -0.465 e. The van der Waals surface area contributed by atoms with Gasteiger partial charge in [0, 0.05) is 57.0 Å². The van der Waals surface area contributed by atoms with Crippen molar-refractivity contribution in [2.45, 2.75) is 49.2 Å². The minimum atomic E-state index is -0.192. The van der Waals surface area contributed by atoms with Gasteiger partial charge in [0.25, 0.3) is 0 Å². The molecule has 1 aromatic heterocycles. The van der Waals surface area contributed by atoms with E-state index in [9.17, 15) is 9.59 Å². The van der Waals surface area contributed by atoms with E-state index in [0.29, 0.717) is 26.4 Å². The number of likely N-dealkylation sites (tertiary alicyclic amines) is 1. The standard InChI is InChI=1S/C24H31N5O4S/c1-4-33-22(31)15-27-11-7-19(8-12-27)28(17(2)30)14-18-5-6-21-20(13-18)29(16-32-3)23-24(34-21)26-10-9-25-23/h5-6,9-10,13,19H,4,7-8,11-12,14-16H2,1-3H3. The summed E-state index contributed by atoms with van der Waals surface area (Å²) in [4.78, 5) is 40.5. The lowest BCUT2D eigenvalue weighted by Crippen LogP contribution is -2.47. The Morgan fingerprint density at radius 2 is 1.97 bits per heavy atom. The SMILES string of the molecule is CCOC(=O)CN1CCC(N(Cc2ccc3c(c2)N(COC)c2nccnc2S3)C(C)=O)CC1. The Bertz CT molecular complexity index is 1030. The first-order valence-corrected chi connectivity index (χ1v) is 12.3. The molecule has 4 rings (SSSR count). The lowest BCUT2D eigenvalue weighted by Gasteiger charge is -2.38. The maximum atomic E-state index is 12.6. The average molecular weight is 486 g/mol. The third-order valence-corrected chi connectivity index (χ3v) is 7.14. The third kappa shape index (κ3) is 5.51. The molecule has 0 saturated carbocycles. The summed E-state index contributed by atoms with van der Waals surface area (Å²) in [6.45, 7) is 6.57. The largest absolute Gasteiger partial charge is 0.465 e. The summed E-state index contributed by atoms with van der Waals surface area (Å²) >= 11 is 1.59. The van der Waals surface area contributed by atoms with E-state index in [0.717, 1.165) is 52.9 Å². The summed E-state index contributed by atoms with van der Waals surface area (Å²) in [5.74, 6) is 0.639. The van der Waals surface area contributed by atoms with Crippen LogP contribution in [0.15, 0.2) is 40.5 Å². The fourth-order valence-corrected chi connectivity index (χ4v) is 5.47. The first-order chi connectivity index (χ1) is 16.5. The molecule has 1 fully saturated rings. The highest BCUT2D eigenvalue weighted by Crippen LogP contribution is 2.46. The predicted molar refractivity (Wildman–Crippen MR) is 129 cm³/mol. The Morgan fingerprint density at radius 1 is 1.21 bits per heavy atom. The summed E-state index contributed by atoms with van der Waals surface area (Å²) in [7, 11) is 1.66. The Balaban J connectivity index is 1.47. The number of amides is 1. The zero-order valence-electron chi connectivity index (χ0n) is 19.9. The van der Waals surface area contributed by atoms with Gasteiger partial charge in [0.15, 0.2) is 5.82 Å². The van der Waals surface area contributed by atoms with Gasteiger partial charge in [-0.05, 0) is 37.5 Å². The van der Waals surface area contributed by atoms with Crippen molar-refractivity contribution in [1.29, 1.82) is 0 Å². The maximum Gasteiger partial charge on any atom is 0.320 e. The van der Waals surface area contributed by atoms with Crippen LogP contribution < -0.4 is 4.90 Å². The van der Waals surface area contributed by atoms with Gasteiger partial charge in [0.05, 0.1) is 18.8 Å². The Hall–Kier alpha value is -2.69. The summed E-state index contributed by atoms with van der Waals surface area (Å²) in [5, 5.41) is 0.847. The molecule has 3 heterocycles. The molecule has 0 aliphatic carbocycles. The molecule has 9 nitrogen and oxygen atoms in total. The summed E-state index contributed by atoms with van der Waals surface area (Å²) in [5.41, 5.74) is 2.06. The number of aromatic nitrogens is 2. The van der Waals surface area contributed by atoms with Gasteiger partial charge >= 0.3 is 5.97 Å². The fraction of sp³-hybridized carbons (Fsp3) is 0.500. The van der Waals surface area contributed by atoms with Crippen molar-refractivity contribution in [3.8, 4) is 0 Å². The number of benzene rings is 1. The molecule has 0 N–H and O–H groups in total. The number of methoxy groups -OCH3 is 1. The number of hydrogen-bond donors (Lipinski definition) is 0. The van der Waals surface area contributed by atoms with E-state index in [2.05, 4.69) is 33.1 Å². The van der Waals surface area contributed by atoms with Gasteiger partial charge in [-0.25, -0.2) is 9.97 Å². The van der Waals surface area contributed by atoms with E-state index in [1.807, 2.05) is 16.7 Å². The number of piperidine rings is 1. The molecule has 0 radical (unpaired) electrons. The van der Waals surface area contributed by atoms with Gasteiger partial charge in [-0.1, -0.05) is 17.8 Å². The number of esters is 1. The topological polar surface area (TPSA) is 88.1 Å². The van der Waals surface area contributed by atoms with Gasteiger partial charge in [-0.2, -0.15) is 0 Å². The Morgan fingerprint density at radius 3 is 2.68 bits per heavy atom. The predicted octanol–water partition coefficient (Wildman–Crippen LogP) is 3.06. The van der Waals surface area contributed by atoms with Crippen molar-refractivity contribution in [2.24, 2.45) is 0 Å². The molecule has 2 aliphatic heterocycles. The summed E-state index contributed by atoms with van der Waals surface area (Å²) in [6.07, 6.45) is 5.04. The van der Waals surface area contributed by atoms with E-state index < -0.39 is 0 Å². The number of hydrogen-bond acceptors (Lipinski definition) is 9. The van der Waals surface area contributed by atoms with Gasteiger partial charge in [0.2, 0.25) is 5.91 Å². The number of anilines is 2. The highest BCUT2D eigenvalue weighted by atomic mass is 32.2. The number of nitrogens with zero attached hydrogens (tertiary/aromatic N) is 5. The second kappa shape index (κ2) is 11.2. The molecule has 0 bridgehead atoms. The molecule has 1 aromatic carbocycles. The number of rotatable bonds is 8. The van der Waals surface area contributed by atoms with Crippen molar-refractivity contribution in [3.05, 3.63) is 36.2 Å². The molecule has 182 valence electrons. The van der Waals surface area contributed by atoms with Crippen molar-refractivity contribution < 1.29 is 19.1 Å². The number of carbonyl (C=O) groups is 2. The highest BCUT2D eigenvalue weighted by Gasteiger charge is 2.29. The normalized spacial score (nSPS) is 16.0. The summed E-state index contributed by atoms with van der Waals surface area (Å²) < 4.78 is 10.5. The van der Waals surface area contributed by atoms with Crippen LogP contribution >= 0.6 is 11.8 Å². The van der Waals surface area contributed by atoms with Crippen molar-refractivity contribution in [1.82, 2.24) is 19.8 Å². The molecule has 1 saturated heterocycles. The lowest BCUT2D eigenvalue weighted by molar-refractivity contribution is -0.145. The van der Waals surface area contributed by atoms with Crippen LogP contribution in [0, 0.1) is 0 Å². The first-order valence-electron chi connectivity index (χ1n) is 11.5. The lowest BCUT2D eigenvalue weighted by atomic mass is 10.0. The van der Waals surface area contributed by atoms with E-state index in [1.165, 1.54) is 0 Å². The smallest absolute Gasteiger partial charge is 0.320 e. The maximum absolute atomic E-state index is 12.6. The van der Waals surface area contributed by atoms with Crippen molar-refractivity contribution >= 4 is 35.1 Å². The van der Waals surface area contributed by atoms with Gasteiger partial charge in [-0.3, -0.25) is 19.4 Å². The van der Waals surface area contributed by atoms with Gasteiger partial charge < -0.3 is 14.4 Å².